The fourth-order valence-corrected chi connectivity index (χ4v) is 4.52. The summed E-state index contributed by atoms with van der Waals surface area (Å²) in [4.78, 5) is 24.7. The van der Waals surface area contributed by atoms with Crippen LogP contribution in [0.4, 0.5) is 11.5 Å². The monoisotopic (exact) mass is 543 g/mol. The Hall–Kier alpha value is -4.84. The number of thioether (sulfide) groups is 1. The van der Waals surface area contributed by atoms with Gasteiger partial charge in [0.1, 0.15) is 35.0 Å². The Morgan fingerprint density at radius 3 is 2.51 bits per heavy atom. The minimum atomic E-state index is -0.684. The lowest BCUT2D eigenvalue weighted by Gasteiger charge is -2.13. The van der Waals surface area contributed by atoms with Gasteiger partial charge in [-0.1, -0.05) is 49.5 Å². The molecule has 10 nitrogen and oxygen atoms in total. The molecule has 2 heterocycles. The minimum Gasteiger partial charge on any atom is -0.491 e. The number of hydrogen-bond donors (Lipinski definition) is 2. The van der Waals surface area contributed by atoms with Crippen molar-refractivity contribution in [2.75, 3.05) is 26.1 Å². The third-order valence-corrected chi connectivity index (χ3v) is 6.31. The number of nitrogens with two attached hydrogens (primary N) is 1. The highest BCUT2D eigenvalue weighted by Crippen LogP contribution is 2.42. The molecule has 4 rings (SSSR count). The van der Waals surface area contributed by atoms with Crippen LogP contribution in [0.3, 0.4) is 0 Å². The summed E-state index contributed by atoms with van der Waals surface area (Å²) in [6.45, 7) is 7.64. The molecule has 0 bridgehead atoms. The van der Waals surface area contributed by atoms with Crippen LogP contribution in [0.25, 0.3) is 27.4 Å². The third-order valence-electron chi connectivity index (χ3n) is 5.33. The molecule has 0 saturated heterocycles. The molecule has 11 heteroatoms. The standard InChI is InChI=1S/C27H21N5O5S.CH4/c1-30-22-21(16-8-10-18(11-9-16)36-13-12-33)19(14-28)26(32-24(22)29)38-15-20-23(27(34)35-2)37-25(31-20)17-6-4-3-5-7-17;/h3-11,33H,12-13,15H2,2H3,(H2,29,32);1H4. The average molecular weight is 544 g/mol. The SMILES string of the molecule is C.[C-]#[N+]c1c(N)nc(SCc2nc(-c3ccccc3)oc2C(=O)OC)c(C#N)c1-c1ccc(OCCO)cc1. The molecule has 0 atom stereocenters. The molecule has 39 heavy (non-hydrogen) atoms. The van der Waals surface area contributed by atoms with Crippen LogP contribution in [0.15, 0.2) is 64.0 Å². The van der Waals surface area contributed by atoms with Gasteiger partial charge in [-0.25, -0.2) is 19.6 Å². The molecule has 0 aliphatic carbocycles. The highest BCUT2D eigenvalue weighted by atomic mass is 32.2. The second-order valence-electron chi connectivity index (χ2n) is 7.66. The lowest BCUT2D eigenvalue weighted by Crippen LogP contribution is -2.04. The maximum atomic E-state index is 12.4. The zero-order valence-corrected chi connectivity index (χ0v) is 21.0. The molecule has 0 radical (unpaired) electrons. The van der Waals surface area contributed by atoms with Gasteiger partial charge in [0.2, 0.25) is 17.3 Å². The van der Waals surface area contributed by atoms with E-state index in [-0.39, 0.29) is 60.1 Å². The summed E-state index contributed by atoms with van der Waals surface area (Å²) >= 11 is 1.13. The largest absolute Gasteiger partial charge is 0.491 e. The van der Waals surface area contributed by atoms with E-state index in [0.717, 1.165) is 11.8 Å². The fourth-order valence-electron chi connectivity index (χ4n) is 3.60. The summed E-state index contributed by atoms with van der Waals surface area (Å²) < 4.78 is 16.0. The van der Waals surface area contributed by atoms with E-state index >= 15 is 0 Å². The molecular weight excluding hydrogens is 518 g/mol. The number of nitriles is 1. The molecule has 0 saturated carbocycles. The summed E-state index contributed by atoms with van der Waals surface area (Å²) in [5, 5.41) is 19.3. The number of aliphatic hydroxyl groups excluding tert-OH is 1. The number of methoxy groups -OCH3 is 1. The number of esters is 1. The Kier molecular flexibility index (Phi) is 9.65. The van der Waals surface area contributed by atoms with Crippen molar-refractivity contribution in [3.05, 3.63) is 83.0 Å². The molecular formula is C28H25N5O5S. The highest BCUT2D eigenvalue weighted by Gasteiger charge is 2.25. The Morgan fingerprint density at radius 2 is 1.90 bits per heavy atom. The van der Waals surface area contributed by atoms with Crippen LogP contribution in [0.1, 0.15) is 29.2 Å². The highest BCUT2D eigenvalue weighted by molar-refractivity contribution is 7.98. The molecule has 0 aliphatic heterocycles. The van der Waals surface area contributed by atoms with E-state index in [9.17, 15) is 10.1 Å². The maximum Gasteiger partial charge on any atom is 0.376 e. The quantitative estimate of drug-likeness (QED) is 0.157. The number of aliphatic hydroxyl groups is 1. The number of carbonyl (C=O) groups excluding carboxylic acids is 1. The number of ether oxygens (including phenoxy) is 2. The van der Waals surface area contributed by atoms with Crippen molar-refractivity contribution in [2.45, 2.75) is 18.2 Å². The Bertz CT molecular complexity index is 1540. The van der Waals surface area contributed by atoms with Gasteiger partial charge in [0.05, 0.1) is 25.9 Å². The van der Waals surface area contributed by atoms with E-state index in [1.54, 1.807) is 36.4 Å². The summed E-state index contributed by atoms with van der Waals surface area (Å²) in [5.41, 5.74) is 8.25. The number of aromatic nitrogens is 2. The zero-order valence-electron chi connectivity index (χ0n) is 20.2. The number of pyridine rings is 1. The van der Waals surface area contributed by atoms with Gasteiger partial charge in [-0.15, -0.1) is 0 Å². The van der Waals surface area contributed by atoms with Crippen molar-refractivity contribution < 1.29 is 23.8 Å². The Labute approximate surface area is 229 Å². The van der Waals surface area contributed by atoms with Crippen molar-refractivity contribution in [1.29, 1.82) is 5.26 Å². The molecule has 3 N–H and O–H groups in total. The third kappa shape index (κ3) is 6.18. The number of anilines is 1. The molecule has 0 unspecified atom stereocenters. The van der Waals surface area contributed by atoms with Gasteiger partial charge >= 0.3 is 5.97 Å². The molecule has 2 aromatic carbocycles. The van der Waals surface area contributed by atoms with Gasteiger partial charge in [-0.05, 0) is 29.8 Å². The van der Waals surface area contributed by atoms with Crippen LogP contribution >= 0.6 is 11.8 Å². The zero-order chi connectivity index (χ0) is 27.1. The van der Waals surface area contributed by atoms with Gasteiger partial charge in [-0.3, -0.25) is 0 Å². The number of oxazole rings is 1. The molecule has 0 fully saturated rings. The van der Waals surface area contributed by atoms with Crippen LogP contribution in [0, 0.1) is 17.9 Å². The van der Waals surface area contributed by atoms with Gasteiger partial charge in [0, 0.05) is 16.9 Å². The molecule has 2 aromatic heterocycles. The van der Waals surface area contributed by atoms with Crippen LogP contribution in [-0.4, -0.2) is 41.4 Å². The fraction of sp³-hybridized carbons (Fsp3) is 0.179. The van der Waals surface area contributed by atoms with Gasteiger partial charge in [-0.2, -0.15) is 5.26 Å². The topological polar surface area (TPSA) is 149 Å². The van der Waals surface area contributed by atoms with Gasteiger partial charge < -0.3 is 24.7 Å². The van der Waals surface area contributed by atoms with E-state index in [1.165, 1.54) is 7.11 Å². The number of nitrogens with zero attached hydrogens (tertiary/aromatic N) is 4. The van der Waals surface area contributed by atoms with Crippen molar-refractivity contribution in [1.82, 2.24) is 9.97 Å². The number of benzene rings is 2. The van der Waals surface area contributed by atoms with E-state index < -0.39 is 5.97 Å². The number of carbonyl (C=O) groups is 1. The maximum absolute atomic E-state index is 12.4. The number of hydrogen-bond acceptors (Lipinski definition) is 10. The first-order chi connectivity index (χ1) is 18.5. The molecule has 0 amide bonds. The first kappa shape index (κ1) is 28.7. The predicted octanol–water partition coefficient (Wildman–Crippen LogP) is 5.49. The van der Waals surface area contributed by atoms with E-state index in [2.05, 4.69) is 20.9 Å². The van der Waals surface area contributed by atoms with Crippen molar-refractivity contribution in [3.8, 4) is 34.4 Å². The van der Waals surface area contributed by atoms with Crippen molar-refractivity contribution in [3.63, 3.8) is 0 Å². The predicted molar refractivity (Wildman–Crippen MR) is 147 cm³/mol. The van der Waals surface area contributed by atoms with Crippen LogP contribution < -0.4 is 10.5 Å². The second kappa shape index (κ2) is 13.1. The van der Waals surface area contributed by atoms with E-state index in [1.807, 2.05) is 18.2 Å². The van der Waals surface area contributed by atoms with Crippen molar-refractivity contribution >= 4 is 29.2 Å². The van der Waals surface area contributed by atoms with E-state index in [4.69, 9.17) is 31.3 Å². The first-order valence-electron chi connectivity index (χ1n) is 11.2. The Morgan fingerprint density at radius 1 is 1.18 bits per heavy atom. The summed E-state index contributed by atoms with van der Waals surface area (Å²) in [6.07, 6.45) is 0. The minimum absolute atomic E-state index is 0. The second-order valence-corrected chi connectivity index (χ2v) is 8.63. The summed E-state index contributed by atoms with van der Waals surface area (Å²) in [7, 11) is 1.25. The van der Waals surface area contributed by atoms with Gasteiger partial charge in [0.15, 0.2) is 0 Å². The van der Waals surface area contributed by atoms with E-state index in [0.29, 0.717) is 28.1 Å². The molecule has 0 aliphatic rings. The lowest BCUT2D eigenvalue weighted by molar-refractivity contribution is 0.0565. The first-order valence-corrected chi connectivity index (χ1v) is 12.2. The van der Waals surface area contributed by atoms with Gasteiger partial charge in [0.25, 0.3) is 0 Å². The average Bonchev–Trinajstić information content (AvgIpc) is 3.39. The number of rotatable bonds is 9. The Balaban J connectivity index is 0.00000420. The molecule has 4 aromatic rings. The number of nitrogen functional groups attached to an aromatic ring is 1. The lowest BCUT2D eigenvalue weighted by atomic mass is 10.00. The van der Waals surface area contributed by atoms with Crippen LogP contribution in [0.5, 0.6) is 5.75 Å². The van der Waals surface area contributed by atoms with Crippen LogP contribution in [-0.2, 0) is 10.5 Å². The normalized spacial score (nSPS) is 10.2. The summed E-state index contributed by atoms with van der Waals surface area (Å²) in [6, 6.07) is 18.0. The van der Waals surface area contributed by atoms with Crippen LogP contribution in [0.2, 0.25) is 0 Å². The molecule has 198 valence electrons. The molecule has 0 spiro atoms. The summed E-state index contributed by atoms with van der Waals surface area (Å²) in [5.74, 6) is 0.125. The van der Waals surface area contributed by atoms with Crippen molar-refractivity contribution in [2.24, 2.45) is 0 Å². The smallest absolute Gasteiger partial charge is 0.376 e.